The minimum Gasteiger partial charge on any atom is -0.444 e. The van der Waals surface area contributed by atoms with Gasteiger partial charge in [0.2, 0.25) is 0 Å². The Kier molecular flexibility index (Phi) is 6.10. The van der Waals surface area contributed by atoms with Gasteiger partial charge in [0, 0.05) is 44.0 Å². The highest BCUT2D eigenvalue weighted by atomic mass is 19.3. The number of ether oxygens (including phenoxy) is 1. The molecule has 0 bridgehead atoms. The summed E-state index contributed by atoms with van der Waals surface area (Å²) >= 11 is 0. The van der Waals surface area contributed by atoms with Gasteiger partial charge in [-0.15, -0.1) is 0 Å². The summed E-state index contributed by atoms with van der Waals surface area (Å²) in [5.74, 6) is -3.10. The molecular formula is C22H20F4N6O4. The molecule has 1 atom stereocenters. The molecule has 0 unspecified atom stereocenters. The van der Waals surface area contributed by atoms with E-state index in [1.165, 1.54) is 22.0 Å². The van der Waals surface area contributed by atoms with Crippen LogP contribution in [0.2, 0.25) is 0 Å². The van der Waals surface area contributed by atoms with Gasteiger partial charge in [0.1, 0.15) is 11.8 Å². The predicted octanol–water partition coefficient (Wildman–Crippen LogP) is 2.33. The van der Waals surface area contributed by atoms with Crippen molar-refractivity contribution in [3.63, 3.8) is 0 Å². The predicted molar refractivity (Wildman–Crippen MR) is 118 cm³/mol. The maximum atomic E-state index is 15.1. The van der Waals surface area contributed by atoms with Crippen molar-refractivity contribution in [3.8, 4) is 0 Å². The number of benzene rings is 1. The molecule has 1 saturated heterocycles. The smallest absolute Gasteiger partial charge is 0.414 e. The second kappa shape index (κ2) is 9.24. The Morgan fingerprint density at radius 2 is 1.69 bits per heavy atom. The van der Waals surface area contributed by atoms with Crippen molar-refractivity contribution in [2.24, 2.45) is 0 Å². The van der Waals surface area contributed by atoms with Crippen LogP contribution in [0.15, 0.2) is 29.3 Å². The van der Waals surface area contributed by atoms with E-state index in [0.717, 1.165) is 17.0 Å². The summed E-state index contributed by atoms with van der Waals surface area (Å²) in [6, 6.07) is 1.98. The summed E-state index contributed by atoms with van der Waals surface area (Å²) in [6.07, 6.45) is -2.58. The highest BCUT2D eigenvalue weighted by Gasteiger charge is 2.34. The van der Waals surface area contributed by atoms with E-state index in [0.29, 0.717) is 5.65 Å². The fourth-order valence-electron chi connectivity index (χ4n) is 4.54. The molecule has 2 aromatic heterocycles. The van der Waals surface area contributed by atoms with Gasteiger partial charge in [0.05, 0.1) is 25.3 Å². The first-order chi connectivity index (χ1) is 17.2. The first kappa shape index (κ1) is 23.8. The molecule has 10 nitrogen and oxygen atoms in total. The zero-order chi connectivity index (χ0) is 25.6. The van der Waals surface area contributed by atoms with Crippen LogP contribution in [0.1, 0.15) is 12.8 Å². The second-order valence-corrected chi connectivity index (χ2v) is 8.45. The van der Waals surface area contributed by atoms with Crippen molar-refractivity contribution in [1.82, 2.24) is 19.3 Å². The van der Waals surface area contributed by atoms with E-state index < -0.39 is 42.5 Å². The average molecular weight is 508 g/mol. The van der Waals surface area contributed by atoms with E-state index in [1.54, 1.807) is 4.68 Å². The number of fused-ring (bicyclic) bond motifs is 3. The van der Waals surface area contributed by atoms with Crippen molar-refractivity contribution in [2.75, 3.05) is 29.4 Å². The largest absolute Gasteiger partial charge is 0.444 e. The van der Waals surface area contributed by atoms with Gasteiger partial charge in [-0.1, -0.05) is 0 Å². The molecule has 1 aromatic carbocycles. The standard InChI is InChI=1S/C22H20F4N6O4/c23-14-9-12(30-11-13(36-22(30)35)1-2-16(33)19(25)26)10-15(24)18(14)29-5-7-31-20-17(27-3-4-28-20)21(34)32(31)8-6-29/h3-4,9-10,13,19H,1-2,5-8,11H2/t13-/m0/s1. The summed E-state index contributed by atoms with van der Waals surface area (Å²) < 4.78 is 63.2. The highest BCUT2D eigenvalue weighted by Crippen LogP contribution is 2.32. The summed E-state index contributed by atoms with van der Waals surface area (Å²) in [4.78, 5) is 46.7. The average Bonchev–Trinajstić information content (AvgIpc) is 3.25. The Morgan fingerprint density at radius 3 is 2.39 bits per heavy atom. The first-order valence-electron chi connectivity index (χ1n) is 11.2. The highest BCUT2D eigenvalue weighted by molar-refractivity contribution is 5.90. The zero-order valence-corrected chi connectivity index (χ0v) is 18.7. The van der Waals surface area contributed by atoms with Crippen LogP contribution in [0.4, 0.5) is 33.7 Å². The van der Waals surface area contributed by atoms with Crippen LogP contribution in [0.25, 0.3) is 11.2 Å². The molecule has 1 amide bonds. The number of carbonyl (C=O) groups is 2. The molecule has 190 valence electrons. The van der Waals surface area contributed by atoms with E-state index >= 15 is 8.78 Å². The van der Waals surface area contributed by atoms with Crippen molar-refractivity contribution >= 4 is 34.4 Å². The molecule has 5 rings (SSSR count). The number of amides is 1. The molecule has 0 radical (unpaired) electrons. The first-order valence-corrected chi connectivity index (χ1v) is 11.2. The number of nitrogens with zero attached hydrogens (tertiary/aromatic N) is 6. The summed E-state index contributed by atoms with van der Waals surface area (Å²) in [6.45, 7) is 0.558. The molecule has 3 aromatic rings. The maximum Gasteiger partial charge on any atom is 0.414 e. The molecular weight excluding hydrogens is 488 g/mol. The lowest BCUT2D eigenvalue weighted by Gasteiger charge is -2.24. The number of hydrogen-bond acceptors (Lipinski definition) is 7. The molecule has 4 heterocycles. The molecule has 0 aliphatic carbocycles. The Hall–Kier alpha value is -3.97. The van der Waals surface area contributed by atoms with E-state index in [9.17, 15) is 23.2 Å². The van der Waals surface area contributed by atoms with E-state index in [4.69, 9.17) is 4.74 Å². The van der Waals surface area contributed by atoms with E-state index in [-0.39, 0.29) is 61.6 Å². The Balaban J connectivity index is 1.33. The SMILES string of the molecule is O=C(CC[C@H]1CN(c2cc(F)c(N3CCn4c(=O)c5nccnc5n4CC3)c(F)c2)C(=O)O1)C(F)F. The molecule has 2 aliphatic rings. The summed E-state index contributed by atoms with van der Waals surface area (Å²) in [5.41, 5.74) is -0.131. The van der Waals surface area contributed by atoms with Crippen molar-refractivity contribution in [3.05, 3.63) is 46.5 Å². The van der Waals surface area contributed by atoms with Gasteiger partial charge in [-0.25, -0.2) is 37.0 Å². The van der Waals surface area contributed by atoms with Crippen LogP contribution in [0, 0.1) is 11.6 Å². The number of halogens is 4. The molecule has 0 spiro atoms. The zero-order valence-electron chi connectivity index (χ0n) is 18.7. The minimum absolute atomic E-state index is 0.0972. The fourth-order valence-corrected chi connectivity index (χ4v) is 4.54. The van der Waals surface area contributed by atoms with Crippen LogP contribution in [0.3, 0.4) is 0 Å². The van der Waals surface area contributed by atoms with Gasteiger partial charge in [-0.05, 0) is 6.42 Å². The molecule has 0 N–H and O–H groups in total. The van der Waals surface area contributed by atoms with E-state index in [1.807, 2.05) is 0 Å². The quantitative estimate of drug-likeness (QED) is 0.471. The Morgan fingerprint density at radius 1 is 1.03 bits per heavy atom. The van der Waals surface area contributed by atoms with Gasteiger partial charge in [0.15, 0.2) is 28.6 Å². The summed E-state index contributed by atoms with van der Waals surface area (Å²) in [5, 5.41) is 0. The third-order valence-electron chi connectivity index (χ3n) is 6.28. The number of hydrogen-bond donors (Lipinski definition) is 0. The Bertz CT molecular complexity index is 1380. The monoisotopic (exact) mass is 508 g/mol. The third-order valence-corrected chi connectivity index (χ3v) is 6.28. The number of ketones is 1. The van der Waals surface area contributed by atoms with Crippen LogP contribution >= 0.6 is 0 Å². The number of cyclic esters (lactones) is 1. The molecule has 0 saturated carbocycles. The molecule has 1 fully saturated rings. The van der Waals surface area contributed by atoms with Gasteiger partial charge < -0.3 is 9.64 Å². The van der Waals surface area contributed by atoms with Gasteiger partial charge in [0.25, 0.3) is 12.0 Å². The Labute approximate surface area is 200 Å². The lowest BCUT2D eigenvalue weighted by atomic mass is 10.1. The number of aromatic nitrogens is 4. The van der Waals surface area contributed by atoms with Crippen LogP contribution in [-0.4, -0.2) is 63.4 Å². The van der Waals surface area contributed by atoms with E-state index in [2.05, 4.69) is 9.97 Å². The molecule has 2 aliphatic heterocycles. The number of alkyl halides is 2. The van der Waals surface area contributed by atoms with Crippen molar-refractivity contribution in [2.45, 2.75) is 38.5 Å². The second-order valence-electron chi connectivity index (χ2n) is 8.45. The van der Waals surface area contributed by atoms with Gasteiger partial charge in [-0.3, -0.25) is 19.2 Å². The third kappa shape index (κ3) is 4.16. The van der Waals surface area contributed by atoms with Gasteiger partial charge in [-0.2, -0.15) is 0 Å². The lowest BCUT2D eigenvalue weighted by molar-refractivity contribution is -0.129. The molecule has 14 heteroatoms. The van der Waals surface area contributed by atoms with Crippen LogP contribution < -0.4 is 15.4 Å². The number of rotatable bonds is 6. The molecule has 36 heavy (non-hydrogen) atoms. The van der Waals surface area contributed by atoms with Crippen LogP contribution in [-0.2, 0) is 22.6 Å². The lowest BCUT2D eigenvalue weighted by Crippen LogP contribution is -2.30. The number of Topliss-reactive ketones (excluding diaryl/α,β-unsaturated/α-hetero) is 1. The normalized spacial score (nSPS) is 18.0. The van der Waals surface area contributed by atoms with Crippen molar-refractivity contribution in [1.29, 1.82) is 0 Å². The van der Waals surface area contributed by atoms with Gasteiger partial charge >= 0.3 is 6.09 Å². The minimum atomic E-state index is -3.11. The number of anilines is 2. The fraction of sp³-hybridized carbons (Fsp3) is 0.409. The van der Waals surface area contributed by atoms with Crippen LogP contribution in [0.5, 0.6) is 0 Å². The van der Waals surface area contributed by atoms with Crippen molar-refractivity contribution < 1.29 is 31.9 Å². The topological polar surface area (TPSA) is 103 Å². The number of carbonyl (C=O) groups excluding carboxylic acids is 2. The summed E-state index contributed by atoms with van der Waals surface area (Å²) in [7, 11) is 0. The maximum absolute atomic E-state index is 15.1.